The minimum Gasteiger partial charge on any atom is -0.309 e. The van der Waals surface area contributed by atoms with Crippen LogP contribution in [0.3, 0.4) is 0 Å². The second-order valence-electron chi connectivity index (χ2n) is 8.35. The Labute approximate surface area is 210 Å². The van der Waals surface area contributed by atoms with Gasteiger partial charge in [0.2, 0.25) is 0 Å². The highest BCUT2D eigenvalue weighted by atomic mass is 79.9. The van der Waals surface area contributed by atoms with Crippen LogP contribution < -0.4 is 0 Å². The van der Waals surface area contributed by atoms with Gasteiger partial charge in [-0.15, -0.1) is 0 Å². The van der Waals surface area contributed by atoms with E-state index in [1.165, 1.54) is 0 Å². The van der Waals surface area contributed by atoms with E-state index in [4.69, 9.17) is 0 Å². The molecule has 0 aliphatic carbocycles. The third-order valence-corrected chi connectivity index (χ3v) is 6.87. The molecule has 0 amide bonds. The summed E-state index contributed by atoms with van der Waals surface area (Å²) in [5, 5.41) is 14.0. The lowest BCUT2D eigenvalue weighted by Crippen LogP contribution is -1.97. The van der Waals surface area contributed by atoms with E-state index in [2.05, 4.69) is 69.0 Å². The van der Waals surface area contributed by atoms with E-state index in [1.54, 1.807) is 12.1 Å². The molecule has 168 valence electrons. The van der Waals surface area contributed by atoms with Gasteiger partial charge in [-0.05, 0) is 41.5 Å². The van der Waals surface area contributed by atoms with E-state index >= 15 is 0 Å². The van der Waals surface area contributed by atoms with Gasteiger partial charge in [0, 0.05) is 26.9 Å². The molecule has 0 aliphatic heterocycles. The van der Waals surface area contributed by atoms with Gasteiger partial charge in [0.05, 0.1) is 27.2 Å². The lowest BCUT2D eigenvalue weighted by atomic mass is 9.98. The molecular weight excluding hydrogens is 500 g/mol. The predicted molar refractivity (Wildman–Crippen MR) is 146 cm³/mol. The van der Waals surface area contributed by atoms with Crippen molar-refractivity contribution in [1.82, 2.24) is 4.57 Å². The Morgan fingerprint density at radius 3 is 2.17 bits per heavy atom. The molecule has 0 spiro atoms. The number of nitrogens with zero attached hydrogens (tertiary/aromatic N) is 2. The lowest BCUT2D eigenvalue weighted by Gasteiger charge is -2.14. The molecule has 1 aromatic heterocycles. The number of nitro benzene ring substituents is 1. The number of hydrogen-bond acceptors (Lipinski definition) is 2. The summed E-state index contributed by atoms with van der Waals surface area (Å²) in [5.74, 6) is 0. The number of nitro groups is 1. The second kappa shape index (κ2) is 8.53. The van der Waals surface area contributed by atoms with Crippen molar-refractivity contribution in [3.63, 3.8) is 0 Å². The molecule has 0 bridgehead atoms. The number of hydrogen-bond donors (Lipinski definition) is 0. The molecule has 6 rings (SSSR count). The summed E-state index contributed by atoms with van der Waals surface area (Å²) in [7, 11) is 0. The fourth-order valence-corrected chi connectivity index (χ4v) is 5.28. The van der Waals surface area contributed by atoms with Crippen LogP contribution in [0.25, 0.3) is 49.7 Å². The van der Waals surface area contributed by atoms with E-state index in [9.17, 15) is 10.1 Å². The number of benzene rings is 5. The zero-order valence-corrected chi connectivity index (χ0v) is 20.1. The maximum atomic E-state index is 11.9. The van der Waals surface area contributed by atoms with Crippen LogP contribution in [0.4, 0.5) is 5.69 Å². The summed E-state index contributed by atoms with van der Waals surface area (Å²) >= 11 is 3.51. The summed E-state index contributed by atoms with van der Waals surface area (Å²) in [6.07, 6.45) is 0. The maximum absolute atomic E-state index is 11.9. The van der Waals surface area contributed by atoms with Gasteiger partial charge in [-0.1, -0.05) is 94.8 Å². The molecule has 5 aromatic carbocycles. The molecule has 4 nitrogen and oxygen atoms in total. The van der Waals surface area contributed by atoms with Crippen LogP contribution in [0.1, 0.15) is 0 Å². The Hall–Kier alpha value is -4.22. The van der Waals surface area contributed by atoms with E-state index in [0.717, 1.165) is 48.7 Å². The van der Waals surface area contributed by atoms with Crippen molar-refractivity contribution < 1.29 is 4.92 Å². The molecular formula is C30H19BrN2O2. The summed E-state index contributed by atoms with van der Waals surface area (Å²) in [6.45, 7) is 0. The largest absolute Gasteiger partial charge is 0.309 e. The van der Waals surface area contributed by atoms with Crippen molar-refractivity contribution in [2.75, 3.05) is 0 Å². The fraction of sp³-hybridized carbons (Fsp3) is 0. The van der Waals surface area contributed by atoms with Gasteiger partial charge in [-0.2, -0.15) is 0 Å². The highest BCUT2D eigenvalue weighted by Gasteiger charge is 2.22. The van der Waals surface area contributed by atoms with Crippen LogP contribution in [0, 0.1) is 10.1 Å². The first-order valence-electron chi connectivity index (χ1n) is 11.2. The van der Waals surface area contributed by atoms with Crippen molar-refractivity contribution in [3.05, 3.63) is 130 Å². The monoisotopic (exact) mass is 518 g/mol. The first-order chi connectivity index (χ1) is 17.1. The average molecular weight is 519 g/mol. The van der Waals surface area contributed by atoms with Gasteiger partial charge in [0.15, 0.2) is 0 Å². The molecule has 0 fully saturated rings. The summed E-state index contributed by atoms with van der Waals surface area (Å²) < 4.78 is 3.06. The van der Waals surface area contributed by atoms with Gasteiger partial charge in [0.25, 0.3) is 5.69 Å². The van der Waals surface area contributed by atoms with Gasteiger partial charge < -0.3 is 4.57 Å². The standard InChI is InChI=1S/C30H19BrN2O2/c31-21-17-18-28(33(34)35)25(19-21)23-13-8-16-29-30(23)24-12-5-7-15-27(24)32(29)26-14-6-4-11-22(26)20-9-2-1-3-10-20/h1-19H. The zero-order valence-electron chi connectivity index (χ0n) is 18.6. The molecule has 35 heavy (non-hydrogen) atoms. The predicted octanol–water partition coefficient (Wildman–Crippen LogP) is 8.79. The SMILES string of the molecule is O=[N+]([O-])c1ccc(Br)cc1-c1cccc2c1c1ccccc1n2-c1ccccc1-c1ccccc1. The molecule has 0 aliphatic rings. The molecule has 0 saturated carbocycles. The van der Waals surface area contributed by atoms with E-state index in [0.29, 0.717) is 5.56 Å². The molecule has 0 N–H and O–H groups in total. The highest BCUT2D eigenvalue weighted by Crippen LogP contribution is 2.43. The van der Waals surface area contributed by atoms with E-state index in [-0.39, 0.29) is 10.6 Å². The van der Waals surface area contributed by atoms with Crippen molar-refractivity contribution in [3.8, 4) is 27.9 Å². The minimum absolute atomic E-state index is 0.0854. The first kappa shape index (κ1) is 21.3. The smallest absolute Gasteiger partial charge is 0.277 e. The Balaban J connectivity index is 1.74. The highest BCUT2D eigenvalue weighted by molar-refractivity contribution is 9.10. The van der Waals surface area contributed by atoms with Crippen LogP contribution in [-0.2, 0) is 0 Å². The van der Waals surface area contributed by atoms with Crippen LogP contribution in [0.2, 0.25) is 0 Å². The Morgan fingerprint density at radius 2 is 1.34 bits per heavy atom. The number of aromatic nitrogens is 1. The number of halogens is 1. The Kier molecular flexibility index (Phi) is 5.20. The summed E-state index contributed by atoms with van der Waals surface area (Å²) in [4.78, 5) is 11.6. The van der Waals surface area contributed by atoms with Gasteiger partial charge in [-0.25, -0.2) is 0 Å². The number of fused-ring (bicyclic) bond motifs is 3. The zero-order chi connectivity index (χ0) is 23.9. The first-order valence-corrected chi connectivity index (χ1v) is 12.0. The Morgan fingerprint density at radius 1 is 0.657 bits per heavy atom. The molecule has 0 saturated heterocycles. The maximum Gasteiger partial charge on any atom is 0.277 e. The number of para-hydroxylation sites is 2. The van der Waals surface area contributed by atoms with Crippen LogP contribution in [-0.4, -0.2) is 9.49 Å². The molecule has 0 radical (unpaired) electrons. The third-order valence-electron chi connectivity index (χ3n) is 6.37. The number of rotatable bonds is 4. The summed E-state index contributed by atoms with van der Waals surface area (Å²) in [5.41, 5.74) is 6.88. The topological polar surface area (TPSA) is 48.1 Å². The van der Waals surface area contributed by atoms with Gasteiger partial charge >= 0.3 is 0 Å². The van der Waals surface area contributed by atoms with Crippen LogP contribution in [0.5, 0.6) is 0 Å². The molecule has 1 heterocycles. The van der Waals surface area contributed by atoms with E-state index < -0.39 is 0 Å². The molecule has 5 heteroatoms. The summed E-state index contributed by atoms with van der Waals surface area (Å²) in [6, 6.07) is 38.1. The van der Waals surface area contributed by atoms with Crippen molar-refractivity contribution in [1.29, 1.82) is 0 Å². The van der Waals surface area contributed by atoms with E-state index in [1.807, 2.05) is 54.6 Å². The van der Waals surface area contributed by atoms with Gasteiger partial charge in [0.1, 0.15) is 0 Å². The van der Waals surface area contributed by atoms with Gasteiger partial charge in [-0.3, -0.25) is 10.1 Å². The van der Waals surface area contributed by atoms with Crippen molar-refractivity contribution in [2.24, 2.45) is 0 Å². The van der Waals surface area contributed by atoms with Crippen molar-refractivity contribution in [2.45, 2.75) is 0 Å². The average Bonchev–Trinajstić information content (AvgIpc) is 3.23. The second-order valence-corrected chi connectivity index (χ2v) is 9.27. The quantitative estimate of drug-likeness (QED) is 0.173. The fourth-order valence-electron chi connectivity index (χ4n) is 4.92. The molecule has 0 unspecified atom stereocenters. The Bertz CT molecular complexity index is 1740. The molecule has 6 aromatic rings. The van der Waals surface area contributed by atoms with Crippen LogP contribution in [0.15, 0.2) is 120 Å². The third kappa shape index (κ3) is 3.52. The lowest BCUT2D eigenvalue weighted by molar-refractivity contribution is -0.384. The molecule has 0 atom stereocenters. The normalized spacial score (nSPS) is 11.2. The van der Waals surface area contributed by atoms with Crippen LogP contribution >= 0.6 is 15.9 Å². The minimum atomic E-state index is -0.315. The van der Waals surface area contributed by atoms with Crippen molar-refractivity contribution >= 4 is 43.4 Å².